The maximum Gasteiger partial charge on any atom is 0.0351 e. The molecule has 0 saturated carbocycles. The Morgan fingerprint density at radius 2 is 1.05 bits per heavy atom. The molecule has 0 saturated heterocycles. The largest absolute Gasteiger partial charge is 0.388 e. The molecular formula is C21H50O. The van der Waals surface area contributed by atoms with Gasteiger partial charge in [0.05, 0.1) is 0 Å². The van der Waals surface area contributed by atoms with Gasteiger partial charge in [-0.2, -0.15) is 0 Å². The summed E-state index contributed by atoms with van der Waals surface area (Å²) in [6.45, 7) is 32.8. The Balaban J connectivity index is -0.0000000249. The summed E-state index contributed by atoms with van der Waals surface area (Å²) in [7, 11) is 3.25. The third kappa shape index (κ3) is 627. The van der Waals surface area contributed by atoms with Crippen LogP contribution in [0.15, 0.2) is 37.5 Å². The quantitative estimate of drug-likeness (QED) is 0.367. The standard InChI is InChI=1S/C5H12.C5H8.C3H6.C2H6O.3C2H6/c2*1-4-5(2)3;2*1-3-2;3*1-2/h5H,4H2,1-3H3;4H,1-2H2,3H3;3H,1H2,2H3;1-2H3;3*1-2H3. The van der Waals surface area contributed by atoms with E-state index >= 15 is 0 Å². The number of allylic oxidation sites excluding steroid dienone is 3. The van der Waals surface area contributed by atoms with Crippen molar-refractivity contribution in [3.8, 4) is 0 Å². The second-order valence-corrected chi connectivity index (χ2v) is 3.67. The van der Waals surface area contributed by atoms with Crippen LogP contribution in [-0.4, -0.2) is 14.2 Å². The molecule has 0 aliphatic heterocycles. The lowest BCUT2D eigenvalue weighted by Crippen LogP contribution is -1.77. The van der Waals surface area contributed by atoms with E-state index in [0.717, 1.165) is 11.5 Å². The van der Waals surface area contributed by atoms with Gasteiger partial charge in [-0.3, -0.25) is 0 Å². The molecule has 0 heterocycles. The molecule has 1 heteroatoms. The van der Waals surface area contributed by atoms with E-state index < -0.39 is 0 Å². The normalized spacial score (nSPS) is 5.91. The van der Waals surface area contributed by atoms with Crippen molar-refractivity contribution in [2.45, 2.75) is 82.6 Å². The molecule has 0 amide bonds. The van der Waals surface area contributed by atoms with Crippen LogP contribution < -0.4 is 0 Å². The maximum absolute atomic E-state index is 4.25. The number of methoxy groups -OCH3 is 1. The first-order valence-electron chi connectivity index (χ1n) is 8.62. The molecule has 1 nitrogen and oxygen atoms in total. The zero-order chi connectivity index (χ0) is 20.0. The van der Waals surface area contributed by atoms with Gasteiger partial charge in [-0.1, -0.05) is 99.6 Å². The Labute approximate surface area is 145 Å². The molecule has 0 aromatic carbocycles. The summed E-state index contributed by atoms with van der Waals surface area (Å²) in [6, 6.07) is 0. The van der Waals surface area contributed by atoms with Gasteiger partial charge in [-0.05, 0) is 19.8 Å². The fourth-order valence-electron chi connectivity index (χ4n) is 0. The smallest absolute Gasteiger partial charge is 0.0351 e. The third-order valence-electron chi connectivity index (χ3n) is 1.16. The number of rotatable bonds is 2. The lowest BCUT2D eigenvalue weighted by molar-refractivity contribution is 0.277. The molecule has 140 valence electrons. The molecule has 0 fully saturated rings. The molecule has 22 heavy (non-hydrogen) atoms. The van der Waals surface area contributed by atoms with E-state index in [1.807, 2.05) is 55.4 Å². The molecule has 0 N–H and O–H groups in total. The average Bonchev–Trinajstić information content (AvgIpc) is 2.55. The van der Waals surface area contributed by atoms with Crippen LogP contribution in [0.4, 0.5) is 0 Å². The predicted molar refractivity (Wildman–Crippen MR) is 113 cm³/mol. The van der Waals surface area contributed by atoms with Crippen LogP contribution in [0.3, 0.4) is 0 Å². The van der Waals surface area contributed by atoms with E-state index in [2.05, 4.69) is 45.2 Å². The van der Waals surface area contributed by atoms with Gasteiger partial charge in [0.25, 0.3) is 0 Å². The number of hydrogen-bond donors (Lipinski definition) is 0. The monoisotopic (exact) mass is 318 g/mol. The molecule has 0 bridgehead atoms. The summed E-state index contributed by atoms with van der Waals surface area (Å²) in [5, 5.41) is 0. The highest BCUT2D eigenvalue weighted by Gasteiger charge is 1.80. The van der Waals surface area contributed by atoms with E-state index in [0.29, 0.717) is 0 Å². The van der Waals surface area contributed by atoms with Crippen LogP contribution in [0.25, 0.3) is 0 Å². The second-order valence-electron chi connectivity index (χ2n) is 3.67. The number of ether oxygens (including phenoxy) is 1. The molecule has 0 radical (unpaired) electrons. The third-order valence-corrected chi connectivity index (χ3v) is 1.16. The van der Waals surface area contributed by atoms with Crippen molar-refractivity contribution in [1.29, 1.82) is 0 Å². The van der Waals surface area contributed by atoms with Crippen molar-refractivity contribution in [1.82, 2.24) is 0 Å². The average molecular weight is 319 g/mol. The maximum atomic E-state index is 4.25. The van der Waals surface area contributed by atoms with Gasteiger partial charge in [0.1, 0.15) is 0 Å². The highest BCUT2D eigenvalue weighted by atomic mass is 16.4. The van der Waals surface area contributed by atoms with Gasteiger partial charge >= 0.3 is 0 Å². The van der Waals surface area contributed by atoms with E-state index in [1.54, 1.807) is 26.4 Å². The van der Waals surface area contributed by atoms with Crippen LogP contribution in [-0.2, 0) is 4.74 Å². The summed E-state index contributed by atoms with van der Waals surface area (Å²) < 4.78 is 4.25. The Kier molecular flexibility index (Phi) is 172. The van der Waals surface area contributed by atoms with Crippen molar-refractivity contribution < 1.29 is 4.74 Å². The van der Waals surface area contributed by atoms with Gasteiger partial charge < -0.3 is 4.74 Å². The van der Waals surface area contributed by atoms with Crippen molar-refractivity contribution in [2.24, 2.45) is 5.92 Å². The Hall–Kier alpha value is -0.820. The van der Waals surface area contributed by atoms with E-state index in [9.17, 15) is 0 Å². The van der Waals surface area contributed by atoms with Crippen molar-refractivity contribution in [2.75, 3.05) is 14.2 Å². The first-order chi connectivity index (χ1) is 10.4. The van der Waals surface area contributed by atoms with Gasteiger partial charge in [-0.15, -0.1) is 6.58 Å². The highest BCUT2D eigenvalue weighted by Crippen LogP contribution is 1.93. The summed E-state index contributed by atoms with van der Waals surface area (Å²) >= 11 is 0. The molecule has 0 aliphatic carbocycles. The van der Waals surface area contributed by atoms with E-state index in [-0.39, 0.29) is 0 Å². The fraction of sp³-hybridized carbons (Fsp3) is 0.714. The zero-order valence-corrected chi connectivity index (χ0v) is 18.5. The molecular weight excluding hydrogens is 268 g/mol. The fourth-order valence-corrected chi connectivity index (χ4v) is 0. The lowest BCUT2D eigenvalue weighted by atomic mass is 10.2. The topological polar surface area (TPSA) is 9.23 Å². The summed E-state index contributed by atoms with van der Waals surface area (Å²) in [6.07, 6.45) is 4.78. The first kappa shape index (κ1) is 42.9. The molecule has 0 rings (SSSR count). The van der Waals surface area contributed by atoms with Crippen LogP contribution in [0.5, 0.6) is 0 Å². The molecule has 0 spiro atoms. The SMILES string of the molecule is C=CC.C=CC(=C)C.CC.CC.CC.CCC(C)C.COC. The Morgan fingerprint density at radius 3 is 1.05 bits per heavy atom. The van der Waals surface area contributed by atoms with Crippen LogP contribution in [0.1, 0.15) is 82.6 Å². The second kappa shape index (κ2) is 88.1. The highest BCUT2D eigenvalue weighted by molar-refractivity contribution is 5.05. The molecule has 0 unspecified atom stereocenters. The summed E-state index contributed by atoms with van der Waals surface area (Å²) in [4.78, 5) is 0. The minimum Gasteiger partial charge on any atom is -0.388 e. The lowest BCUT2D eigenvalue weighted by Gasteiger charge is -1.90. The number of hydrogen-bond acceptors (Lipinski definition) is 1. The van der Waals surface area contributed by atoms with Crippen molar-refractivity contribution >= 4 is 0 Å². The van der Waals surface area contributed by atoms with Gasteiger partial charge in [0, 0.05) is 14.2 Å². The van der Waals surface area contributed by atoms with Gasteiger partial charge in [0.15, 0.2) is 0 Å². The molecule has 0 aromatic rings. The molecule has 0 aromatic heterocycles. The van der Waals surface area contributed by atoms with Crippen LogP contribution >= 0.6 is 0 Å². The molecule has 0 atom stereocenters. The minimum absolute atomic E-state index is 0.884. The predicted octanol–water partition coefficient (Wildman–Crippen LogP) is 8.33. The zero-order valence-electron chi connectivity index (χ0n) is 18.5. The van der Waals surface area contributed by atoms with Crippen LogP contribution in [0, 0.1) is 5.92 Å². The minimum atomic E-state index is 0.884. The van der Waals surface area contributed by atoms with Crippen molar-refractivity contribution in [3.63, 3.8) is 0 Å². The van der Waals surface area contributed by atoms with E-state index in [1.165, 1.54) is 6.42 Å². The van der Waals surface area contributed by atoms with Crippen LogP contribution in [0.2, 0.25) is 0 Å². The summed E-state index contributed by atoms with van der Waals surface area (Å²) in [5.41, 5.74) is 1.02. The molecule has 0 aliphatic rings. The van der Waals surface area contributed by atoms with Gasteiger partial charge in [0.2, 0.25) is 0 Å². The van der Waals surface area contributed by atoms with Gasteiger partial charge in [-0.25, -0.2) is 0 Å². The van der Waals surface area contributed by atoms with Crippen molar-refractivity contribution in [3.05, 3.63) is 37.5 Å². The summed E-state index contributed by atoms with van der Waals surface area (Å²) in [5.74, 6) is 0.884. The van der Waals surface area contributed by atoms with E-state index in [4.69, 9.17) is 0 Å². The Bertz CT molecular complexity index is 135. The first-order valence-corrected chi connectivity index (χ1v) is 8.62. The Morgan fingerprint density at radius 1 is 0.955 bits per heavy atom.